The molecule has 0 aliphatic carbocycles. The first kappa shape index (κ1) is 11.0. The zero-order chi connectivity index (χ0) is 11.4. The molecule has 1 saturated heterocycles. The molecule has 2 heterocycles. The van der Waals surface area contributed by atoms with Crippen LogP contribution in [-0.2, 0) is 5.41 Å². The number of aromatic nitrogens is 2. The molecule has 4 nitrogen and oxygen atoms in total. The third-order valence-electron chi connectivity index (χ3n) is 3.44. The van der Waals surface area contributed by atoms with Crippen molar-refractivity contribution in [2.45, 2.75) is 25.2 Å². The van der Waals surface area contributed by atoms with Gasteiger partial charge in [-0.2, -0.15) is 5.26 Å². The molecule has 0 spiro atoms. The second-order valence-electron chi connectivity index (χ2n) is 4.22. The lowest BCUT2D eigenvalue weighted by Gasteiger charge is -2.36. The van der Waals surface area contributed by atoms with Gasteiger partial charge in [-0.3, -0.25) is 0 Å². The highest BCUT2D eigenvalue weighted by Gasteiger charge is 2.37. The number of likely N-dealkylation sites (tertiary alicyclic amines) is 1. The van der Waals surface area contributed by atoms with Crippen LogP contribution in [-0.4, -0.2) is 34.5 Å². The molecule has 16 heavy (non-hydrogen) atoms. The van der Waals surface area contributed by atoms with Crippen molar-refractivity contribution in [1.29, 1.82) is 5.26 Å². The topological polar surface area (TPSA) is 52.8 Å². The number of hydrogen-bond donors (Lipinski definition) is 0. The van der Waals surface area contributed by atoms with E-state index in [4.69, 9.17) is 0 Å². The van der Waals surface area contributed by atoms with E-state index in [9.17, 15) is 5.26 Å². The van der Waals surface area contributed by atoms with Crippen molar-refractivity contribution >= 4 is 0 Å². The Kier molecular flexibility index (Phi) is 3.16. The molecule has 0 saturated carbocycles. The van der Waals surface area contributed by atoms with Crippen molar-refractivity contribution in [1.82, 2.24) is 14.9 Å². The molecule has 2 rings (SSSR count). The lowest BCUT2D eigenvalue weighted by Crippen LogP contribution is -2.42. The fraction of sp³-hybridized carbons (Fsp3) is 0.583. The van der Waals surface area contributed by atoms with Gasteiger partial charge in [-0.05, 0) is 25.5 Å². The molecule has 0 aromatic carbocycles. The Bertz CT molecular complexity index is 374. The van der Waals surface area contributed by atoms with Gasteiger partial charge in [0.15, 0.2) is 0 Å². The molecule has 1 fully saturated rings. The van der Waals surface area contributed by atoms with Gasteiger partial charge >= 0.3 is 0 Å². The zero-order valence-corrected chi connectivity index (χ0v) is 9.56. The van der Waals surface area contributed by atoms with Crippen LogP contribution in [0.1, 0.15) is 25.5 Å². The predicted octanol–water partition coefficient (Wildman–Crippen LogP) is 1.35. The van der Waals surface area contributed by atoms with Gasteiger partial charge in [0.2, 0.25) is 0 Å². The minimum absolute atomic E-state index is 0.394. The van der Waals surface area contributed by atoms with Gasteiger partial charge in [-0.1, -0.05) is 6.92 Å². The van der Waals surface area contributed by atoms with Crippen LogP contribution >= 0.6 is 0 Å². The van der Waals surface area contributed by atoms with Gasteiger partial charge < -0.3 is 4.90 Å². The van der Waals surface area contributed by atoms with Crippen LogP contribution in [0.15, 0.2) is 18.6 Å². The lowest BCUT2D eigenvalue weighted by molar-refractivity contribution is 0.192. The predicted molar refractivity (Wildman–Crippen MR) is 60.7 cm³/mol. The Balaban J connectivity index is 2.20. The van der Waals surface area contributed by atoms with Crippen LogP contribution in [0.25, 0.3) is 0 Å². The molecule has 0 atom stereocenters. The van der Waals surface area contributed by atoms with E-state index in [2.05, 4.69) is 27.9 Å². The molecule has 0 bridgehead atoms. The SMILES string of the molecule is CCN1CCC(C#N)(c2ccncn2)CC1. The lowest BCUT2D eigenvalue weighted by atomic mass is 9.77. The van der Waals surface area contributed by atoms with Crippen molar-refractivity contribution in [3.8, 4) is 6.07 Å². The van der Waals surface area contributed by atoms with E-state index < -0.39 is 5.41 Å². The first-order valence-electron chi connectivity index (χ1n) is 5.71. The number of nitrogens with zero attached hydrogens (tertiary/aromatic N) is 4. The van der Waals surface area contributed by atoms with E-state index in [0.29, 0.717) is 0 Å². The maximum atomic E-state index is 9.43. The first-order chi connectivity index (χ1) is 7.80. The van der Waals surface area contributed by atoms with Crippen molar-refractivity contribution in [3.05, 3.63) is 24.3 Å². The van der Waals surface area contributed by atoms with Gasteiger partial charge in [0.1, 0.15) is 11.7 Å². The Morgan fingerprint density at radius 2 is 2.25 bits per heavy atom. The molecule has 1 aliphatic heterocycles. The Labute approximate surface area is 95.9 Å². The highest BCUT2D eigenvalue weighted by atomic mass is 15.1. The molecule has 84 valence electrons. The maximum Gasteiger partial charge on any atom is 0.115 e. The largest absolute Gasteiger partial charge is 0.303 e. The number of rotatable bonds is 2. The summed E-state index contributed by atoms with van der Waals surface area (Å²) in [5, 5.41) is 9.43. The molecule has 4 heteroatoms. The van der Waals surface area contributed by atoms with E-state index in [-0.39, 0.29) is 0 Å². The molecular formula is C12H16N4. The van der Waals surface area contributed by atoms with Crippen LogP contribution in [0.4, 0.5) is 0 Å². The molecule has 1 aromatic rings. The number of nitriles is 1. The quantitative estimate of drug-likeness (QED) is 0.749. The van der Waals surface area contributed by atoms with Gasteiger partial charge in [0, 0.05) is 19.3 Å². The summed E-state index contributed by atoms with van der Waals surface area (Å²) in [5.74, 6) is 0. The summed E-state index contributed by atoms with van der Waals surface area (Å²) < 4.78 is 0. The van der Waals surface area contributed by atoms with E-state index in [0.717, 1.165) is 38.2 Å². The van der Waals surface area contributed by atoms with Gasteiger partial charge in [0.05, 0.1) is 11.8 Å². The molecule has 0 N–H and O–H groups in total. The van der Waals surface area contributed by atoms with Crippen LogP contribution in [0.3, 0.4) is 0 Å². The van der Waals surface area contributed by atoms with Crippen LogP contribution in [0.2, 0.25) is 0 Å². The number of hydrogen-bond acceptors (Lipinski definition) is 4. The smallest absolute Gasteiger partial charge is 0.115 e. The summed E-state index contributed by atoms with van der Waals surface area (Å²) in [6.07, 6.45) is 4.98. The van der Waals surface area contributed by atoms with E-state index >= 15 is 0 Å². The zero-order valence-electron chi connectivity index (χ0n) is 9.56. The minimum atomic E-state index is -0.394. The molecular weight excluding hydrogens is 200 g/mol. The standard InChI is InChI=1S/C12H16N4/c1-2-16-7-4-12(9-13,5-8-16)11-3-6-14-10-15-11/h3,6,10H,2,4-5,7-8H2,1H3. The maximum absolute atomic E-state index is 9.43. The second kappa shape index (κ2) is 4.58. The van der Waals surface area contributed by atoms with Crippen LogP contribution < -0.4 is 0 Å². The summed E-state index contributed by atoms with van der Waals surface area (Å²) in [7, 11) is 0. The Hall–Kier alpha value is -1.47. The van der Waals surface area contributed by atoms with E-state index in [1.165, 1.54) is 6.33 Å². The fourth-order valence-corrected chi connectivity index (χ4v) is 2.25. The summed E-state index contributed by atoms with van der Waals surface area (Å²) in [6.45, 7) is 5.18. The molecule has 0 unspecified atom stereocenters. The fourth-order valence-electron chi connectivity index (χ4n) is 2.25. The molecule has 1 aliphatic rings. The van der Waals surface area contributed by atoms with E-state index in [1.54, 1.807) is 6.20 Å². The third kappa shape index (κ3) is 1.91. The number of piperidine rings is 1. The minimum Gasteiger partial charge on any atom is -0.303 e. The van der Waals surface area contributed by atoms with Gasteiger partial charge in [-0.15, -0.1) is 0 Å². The summed E-state index contributed by atoms with van der Waals surface area (Å²) >= 11 is 0. The van der Waals surface area contributed by atoms with Crippen molar-refractivity contribution in [2.75, 3.05) is 19.6 Å². The van der Waals surface area contributed by atoms with Crippen molar-refractivity contribution in [3.63, 3.8) is 0 Å². The summed E-state index contributed by atoms with van der Waals surface area (Å²) in [4.78, 5) is 10.5. The molecule has 0 radical (unpaired) electrons. The highest BCUT2D eigenvalue weighted by Crippen LogP contribution is 2.33. The molecule has 0 amide bonds. The average molecular weight is 216 g/mol. The highest BCUT2D eigenvalue weighted by molar-refractivity contribution is 5.26. The summed E-state index contributed by atoms with van der Waals surface area (Å²) in [5.41, 5.74) is 0.481. The van der Waals surface area contributed by atoms with Gasteiger partial charge in [-0.25, -0.2) is 9.97 Å². The van der Waals surface area contributed by atoms with E-state index in [1.807, 2.05) is 6.07 Å². The van der Waals surface area contributed by atoms with Crippen molar-refractivity contribution in [2.24, 2.45) is 0 Å². The summed E-state index contributed by atoms with van der Waals surface area (Å²) in [6, 6.07) is 4.33. The monoisotopic (exact) mass is 216 g/mol. The normalized spacial score (nSPS) is 20.2. The first-order valence-corrected chi connectivity index (χ1v) is 5.71. The van der Waals surface area contributed by atoms with Crippen molar-refractivity contribution < 1.29 is 0 Å². The van der Waals surface area contributed by atoms with Crippen LogP contribution in [0.5, 0.6) is 0 Å². The van der Waals surface area contributed by atoms with Crippen LogP contribution in [0, 0.1) is 11.3 Å². The second-order valence-corrected chi connectivity index (χ2v) is 4.22. The Morgan fingerprint density at radius 1 is 1.50 bits per heavy atom. The molecule has 1 aromatic heterocycles. The van der Waals surface area contributed by atoms with Gasteiger partial charge in [0.25, 0.3) is 0 Å². The average Bonchev–Trinajstić information content (AvgIpc) is 2.40. The third-order valence-corrected chi connectivity index (χ3v) is 3.44. The Morgan fingerprint density at radius 3 is 2.75 bits per heavy atom.